The molecule has 0 aliphatic carbocycles. The van der Waals surface area contributed by atoms with Crippen LogP contribution in [0.5, 0.6) is 0 Å². The number of carbonyl (C=O) groups excluding carboxylic acids is 1. The summed E-state index contributed by atoms with van der Waals surface area (Å²) in [6.45, 7) is 0. The number of para-hydroxylation sites is 1. The Hall–Kier alpha value is -2.97. The highest BCUT2D eigenvalue weighted by Gasteiger charge is 2.31. The summed E-state index contributed by atoms with van der Waals surface area (Å²) in [6.07, 6.45) is -2.90. The van der Waals surface area contributed by atoms with Crippen molar-refractivity contribution in [1.29, 1.82) is 0 Å². The van der Waals surface area contributed by atoms with Crippen molar-refractivity contribution in [2.45, 2.75) is 6.18 Å². The van der Waals surface area contributed by atoms with E-state index < -0.39 is 11.7 Å². The minimum Gasteiger partial charge on any atom is -0.457 e. The SMILES string of the molecule is O=C1NC(=Nc2ccccc2)C(=Cc2ccc(-c3cc(C(F)(F)F)ccc3Cl)o2)S1. The van der Waals surface area contributed by atoms with E-state index in [1.807, 2.05) is 18.2 Å². The number of hydrogen-bond donors (Lipinski definition) is 1. The highest BCUT2D eigenvalue weighted by Crippen LogP contribution is 2.37. The van der Waals surface area contributed by atoms with Gasteiger partial charge in [-0.3, -0.25) is 4.79 Å². The molecule has 1 N–H and O–H groups in total. The molecule has 0 saturated carbocycles. The average molecular weight is 449 g/mol. The third-order valence-electron chi connectivity index (χ3n) is 4.11. The van der Waals surface area contributed by atoms with E-state index in [9.17, 15) is 18.0 Å². The Bertz CT molecular complexity index is 1170. The number of nitrogens with one attached hydrogen (secondary N) is 1. The summed E-state index contributed by atoms with van der Waals surface area (Å²) >= 11 is 7.02. The Kier molecular flexibility index (Phi) is 5.44. The summed E-state index contributed by atoms with van der Waals surface area (Å²) in [4.78, 5) is 16.8. The van der Waals surface area contributed by atoms with E-state index in [0.29, 0.717) is 22.2 Å². The number of nitrogens with zero attached hydrogens (tertiary/aromatic N) is 1. The fourth-order valence-corrected chi connectivity index (χ4v) is 3.67. The van der Waals surface area contributed by atoms with Gasteiger partial charge in [-0.1, -0.05) is 29.8 Å². The summed E-state index contributed by atoms with van der Waals surface area (Å²) < 4.78 is 44.7. The van der Waals surface area contributed by atoms with Crippen LogP contribution in [0.25, 0.3) is 17.4 Å². The highest BCUT2D eigenvalue weighted by atomic mass is 35.5. The van der Waals surface area contributed by atoms with Crippen LogP contribution in [0.3, 0.4) is 0 Å². The van der Waals surface area contributed by atoms with E-state index in [0.717, 1.165) is 23.9 Å². The van der Waals surface area contributed by atoms with Crippen molar-refractivity contribution in [1.82, 2.24) is 5.32 Å². The first-order valence-corrected chi connectivity index (χ1v) is 9.80. The van der Waals surface area contributed by atoms with Gasteiger partial charge in [0.25, 0.3) is 5.24 Å². The molecule has 4 nitrogen and oxygen atoms in total. The molecule has 0 bridgehead atoms. The first kappa shape index (κ1) is 20.3. The van der Waals surface area contributed by atoms with Crippen LogP contribution >= 0.6 is 23.4 Å². The second kappa shape index (κ2) is 8.04. The predicted octanol–water partition coefficient (Wildman–Crippen LogP) is 7.15. The van der Waals surface area contributed by atoms with Crippen LogP contribution in [0.15, 0.2) is 75.0 Å². The van der Waals surface area contributed by atoms with Gasteiger partial charge in [0.15, 0.2) is 0 Å². The molecule has 2 heterocycles. The molecule has 0 radical (unpaired) electrons. The van der Waals surface area contributed by atoms with Gasteiger partial charge >= 0.3 is 6.18 Å². The number of rotatable bonds is 3. The third-order valence-corrected chi connectivity index (χ3v) is 5.26. The summed E-state index contributed by atoms with van der Waals surface area (Å²) in [7, 11) is 0. The Labute approximate surface area is 178 Å². The van der Waals surface area contributed by atoms with Gasteiger partial charge in [0.1, 0.15) is 17.4 Å². The van der Waals surface area contributed by atoms with Gasteiger partial charge in [-0.2, -0.15) is 13.2 Å². The summed E-state index contributed by atoms with van der Waals surface area (Å²) in [5, 5.41) is 2.51. The minimum atomic E-state index is -4.49. The molecule has 0 unspecified atom stereocenters. The lowest BCUT2D eigenvalue weighted by molar-refractivity contribution is -0.137. The van der Waals surface area contributed by atoms with Crippen molar-refractivity contribution in [2.75, 3.05) is 0 Å². The predicted molar refractivity (Wildman–Crippen MR) is 112 cm³/mol. The van der Waals surface area contributed by atoms with Gasteiger partial charge < -0.3 is 9.73 Å². The van der Waals surface area contributed by atoms with E-state index in [-0.39, 0.29) is 21.6 Å². The number of thioether (sulfide) groups is 1. The van der Waals surface area contributed by atoms with Gasteiger partial charge in [0.2, 0.25) is 0 Å². The number of hydrogen-bond acceptors (Lipinski definition) is 4. The van der Waals surface area contributed by atoms with Gasteiger partial charge in [-0.25, -0.2) is 4.99 Å². The Morgan fingerprint density at radius 1 is 1.07 bits per heavy atom. The molecule has 3 aromatic rings. The fourth-order valence-electron chi connectivity index (χ4n) is 2.74. The zero-order valence-electron chi connectivity index (χ0n) is 15.0. The minimum absolute atomic E-state index is 0.127. The maximum atomic E-state index is 13.0. The second-order valence-electron chi connectivity index (χ2n) is 6.21. The third kappa shape index (κ3) is 4.44. The number of amides is 1. The van der Waals surface area contributed by atoms with E-state index >= 15 is 0 Å². The van der Waals surface area contributed by atoms with Crippen molar-refractivity contribution in [3.63, 3.8) is 0 Å². The number of amidine groups is 1. The van der Waals surface area contributed by atoms with Gasteiger partial charge in [-0.05, 0) is 60.3 Å². The summed E-state index contributed by atoms with van der Waals surface area (Å²) in [6, 6.07) is 15.2. The summed E-state index contributed by atoms with van der Waals surface area (Å²) in [5.74, 6) is 0.895. The van der Waals surface area contributed by atoms with Crippen LogP contribution in [0.2, 0.25) is 5.02 Å². The molecule has 9 heteroatoms. The quantitative estimate of drug-likeness (QED) is 0.463. The number of halogens is 4. The highest BCUT2D eigenvalue weighted by molar-refractivity contribution is 8.18. The lowest BCUT2D eigenvalue weighted by Crippen LogP contribution is -2.18. The van der Waals surface area contributed by atoms with Crippen LogP contribution < -0.4 is 5.32 Å². The van der Waals surface area contributed by atoms with Crippen molar-refractivity contribution in [3.05, 3.63) is 81.9 Å². The van der Waals surface area contributed by atoms with Crippen molar-refractivity contribution < 1.29 is 22.4 Å². The van der Waals surface area contributed by atoms with Crippen molar-refractivity contribution in [2.24, 2.45) is 4.99 Å². The first-order chi connectivity index (χ1) is 14.3. The fraction of sp³-hybridized carbons (Fsp3) is 0.0476. The average Bonchev–Trinajstić information content (AvgIpc) is 3.29. The molecular formula is C21H12ClF3N2O2S. The van der Waals surface area contributed by atoms with E-state index in [2.05, 4.69) is 10.3 Å². The molecule has 1 aromatic heterocycles. The number of carbonyl (C=O) groups is 1. The number of alkyl halides is 3. The van der Waals surface area contributed by atoms with E-state index in [1.54, 1.807) is 24.3 Å². The number of furan rings is 1. The number of benzene rings is 2. The van der Waals surface area contributed by atoms with Crippen LogP contribution in [0.4, 0.5) is 23.7 Å². The molecule has 30 heavy (non-hydrogen) atoms. The molecule has 2 aromatic carbocycles. The van der Waals surface area contributed by atoms with Crippen molar-refractivity contribution in [3.8, 4) is 11.3 Å². The molecule has 0 atom stereocenters. The van der Waals surface area contributed by atoms with Crippen molar-refractivity contribution >= 4 is 46.2 Å². The van der Waals surface area contributed by atoms with Crippen LogP contribution in [0, 0.1) is 0 Å². The van der Waals surface area contributed by atoms with E-state index in [4.69, 9.17) is 16.0 Å². The molecular weight excluding hydrogens is 437 g/mol. The molecule has 152 valence electrons. The van der Waals surface area contributed by atoms with Crippen LogP contribution in [-0.4, -0.2) is 11.1 Å². The molecule has 1 aliphatic heterocycles. The first-order valence-electron chi connectivity index (χ1n) is 8.61. The van der Waals surface area contributed by atoms with E-state index in [1.165, 1.54) is 12.1 Å². The maximum absolute atomic E-state index is 13.0. The smallest absolute Gasteiger partial charge is 0.416 e. The molecule has 1 amide bonds. The zero-order valence-corrected chi connectivity index (χ0v) is 16.6. The lowest BCUT2D eigenvalue weighted by atomic mass is 10.1. The molecule has 1 aliphatic rings. The lowest BCUT2D eigenvalue weighted by Gasteiger charge is -2.09. The normalized spacial score (nSPS) is 17.0. The van der Waals surface area contributed by atoms with Gasteiger partial charge in [0, 0.05) is 5.56 Å². The standard InChI is InChI=1S/C21H12ClF3N2O2S/c22-16-8-6-12(21(23,24)25)10-15(16)17-9-7-14(29-17)11-18-19(27-20(28)30-18)26-13-4-2-1-3-5-13/h1-11H,(H,26,27,28). The molecule has 1 fully saturated rings. The molecule has 0 spiro atoms. The Morgan fingerprint density at radius 3 is 2.57 bits per heavy atom. The summed E-state index contributed by atoms with van der Waals surface area (Å²) in [5.41, 5.74) is -0.0312. The zero-order chi connectivity index (χ0) is 21.3. The Balaban J connectivity index is 1.67. The Morgan fingerprint density at radius 2 is 1.83 bits per heavy atom. The van der Waals surface area contributed by atoms with Crippen LogP contribution in [-0.2, 0) is 6.18 Å². The second-order valence-corrected chi connectivity index (χ2v) is 7.64. The van der Waals surface area contributed by atoms with Gasteiger partial charge in [-0.15, -0.1) is 0 Å². The molecule has 1 saturated heterocycles. The topological polar surface area (TPSA) is 54.6 Å². The largest absolute Gasteiger partial charge is 0.457 e. The monoisotopic (exact) mass is 448 g/mol. The van der Waals surface area contributed by atoms with Crippen LogP contribution in [0.1, 0.15) is 11.3 Å². The maximum Gasteiger partial charge on any atom is 0.416 e. The molecule has 4 rings (SSSR count). The van der Waals surface area contributed by atoms with Gasteiger partial charge in [0.05, 0.1) is 21.2 Å². The number of aliphatic imine (C=N–C) groups is 1.